The lowest BCUT2D eigenvalue weighted by Crippen LogP contribution is -2.49. The van der Waals surface area contributed by atoms with Crippen LogP contribution in [0.5, 0.6) is 5.75 Å². The van der Waals surface area contributed by atoms with Crippen molar-refractivity contribution in [2.24, 2.45) is 0 Å². The molecule has 0 spiro atoms. The van der Waals surface area contributed by atoms with E-state index in [1.807, 2.05) is 21.6 Å². The van der Waals surface area contributed by atoms with Gasteiger partial charge < -0.3 is 19.1 Å². The molecule has 3 aromatic rings. The van der Waals surface area contributed by atoms with Crippen LogP contribution in [0.15, 0.2) is 53.3 Å². The molecule has 1 aliphatic heterocycles. The van der Waals surface area contributed by atoms with Gasteiger partial charge >= 0.3 is 0 Å². The van der Waals surface area contributed by atoms with Crippen molar-refractivity contribution in [3.8, 4) is 5.75 Å². The number of methoxy groups -OCH3 is 1. The predicted octanol–water partition coefficient (Wildman–Crippen LogP) is 3.03. The van der Waals surface area contributed by atoms with E-state index in [1.165, 1.54) is 16.6 Å². The highest BCUT2D eigenvalue weighted by Gasteiger charge is 2.22. The van der Waals surface area contributed by atoms with Crippen molar-refractivity contribution in [3.05, 3.63) is 53.0 Å². The molecule has 1 fully saturated rings. The molecule has 0 bridgehead atoms. The number of thiophene rings is 1. The van der Waals surface area contributed by atoms with E-state index >= 15 is 0 Å². The first kappa shape index (κ1) is 20.7. The molecule has 0 saturated carbocycles. The Morgan fingerprint density at radius 3 is 2.67 bits per heavy atom. The second-order valence-electron chi connectivity index (χ2n) is 6.99. The van der Waals surface area contributed by atoms with Crippen LogP contribution >= 0.6 is 23.1 Å². The summed E-state index contributed by atoms with van der Waals surface area (Å²) >= 11 is 3.22. The van der Waals surface area contributed by atoms with Gasteiger partial charge in [0.1, 0.15) is 12.1 Å². The maximum atomic E-state index is 12.7. The van der Waals surface area contributed by atoms with Gasteiger partial charge in [-0.2, -0.15) is 0 Å². The molecule has 0 unspecified atom stereocenters. The minimum atomic E-state index is 0.155. The van der Waals surface area contributed by atoms with Crippen molar-refractivity contribution in [3.63, 3.8) is 0 Å². The van der Waals surface area contributed by atoms with Gasteiger partial charge in [0.15, 0.2) is 5.16 Å². The first-order valence-electron chi connectivity index (χ1n) is 9.92. The third-order valence-electron chi connectivity index (χ3n) is 5.15. The average Bonchev–Trinajstić information content (AvgIpc) is 3.48. The van der Waals surface area contributed by atoms with Crippen molar-refractivity contribution < 1.29 is 9.53 Å². The first-order valence-corrected chi connectivity index (χ1v) is 11.8. The summed E-state index contributed by atoms with van der Waals surface area (Å²) in [5.74, 6) is 1.40. The molecule has 1 saturated heterocycles. The van der Waals surface area contributed by atoms with Gasteiger partial charge in [-0.1, -0.05) is 17.8 Å². The van der Waals surface area contributed by atoms with Gasteiger partial charge in [-0.25, -0.2) is 0 Å². The van der Waals surface area contributed by atoms with Crippen LogP contribution in [0, 0.1) is 0 Å². The van der Waals surface area contributed by atoms with Crippen LogP contribution in [0.25, 0.3) is 0 Å². The predicted molar refractivity (Wildman–Crippen MR) is 121 cm³/mol. The van der Waals surface area contributed by atoms with E-state index in [0.717, 1.165) is 55.7 Å². The molecule has 0 N–H and O–H groups in total. The Morgan fingerprint density at radius 1 is 1.17 bits per heavy atom. The summed E-state index contributed by atoms with van der Waals surface area (Å²) in [5.41, 5.74) is 1.16. The number of anilines is 1. The number of benzene rings is 1. The Kier molecular flexibility index (Phi) is 6.91. The molecular weight excluding hydrogens is 418 g/mol. The summed E-state index contributed by atoms with van der Waals surface area (Å²) in [6, 6.07) is 12.3. The van der Waals surface area contributed by atoms with Gasteiger partial charge in [-0.15, -0.1) is 21.5 Å². The van der Waals surface area contributed by atoms with Crippen LogP contribution in [0.2, 0.25) is 0 Å². The molecule has 1 aliphatic rings. The molecule has 158 valence electrons. The molecule has 1 amide bonds. The Hall–Kier alpha value is -2.52. The zero-order valence-corrected chi connectivity index (χ0v) is 18.6. The van der Waals surface area contributed by atoms with Gasteiger partial charge in [0.05, 0.1) is 12.9 Å². The van der Waals surface area contributed by atoms with Crippen LogP contribution in [-0.4, -0.2) is 64.6 Å². The fourth-order valence-corrected chi connectivity index (χ4v) is 4.96. The number of hydrogen-bond acceptors (Lipinski definition) is 7. The number of hydrogen-bond donors (Lipinski definition) is 0. The largest absolute Gasteiger partial charge is 0.497 e. The third-order valence-corrected chi connectivity index (χ3v) is 7.06. The molecule has 0 radical (unpaired) electrons. The van der Waals surface area contributed by atoms with E-state index in [0.29, 0.717) is 5.75 Å². The number of ether oxygens (including phenoxy) is 1. The topological polar surface area (TPSA) is 63.5 Å². The van der Waals surface area contributed by atoms with Crippen LogP contribution in [0.1, 0.15) is 4.88 Å². The van der Waals surface area contributed by atoms with Gasteiger partial charge in [-0.05, 0) is 42.1 Å². The minimum absolute atomic E-state index is 0.155. The Balaban J connectivity index is 1.24. The first-order chi connectivity index (χ1) is 14.7. The van der Waals surface area contributed by atoms with Crippen molar-refractivity contribution in [2.75, 3.05) is 43.9 Å². The number of carbonyl (C=O) groups excluding carboxylic acids is 1. The highest BCUT2D eigenvalue weighted by molar-refractivity contribution is 7.99. The number of aryl methyl sites for hydroxylation is 2. The summed E-state index contributed by atoms with van der Waals surface area (Å²) < 4.78 is 7.25. The Morgan fingerprint density at radius 2 is 1.97 bits per heavy atom. The van der Waals surface area contributed by atoms with E-state index < -0.39 is 0 Å². The molecule has 3 heterocycles. The molecule has 1 aromatic carbocycles. The zero-order chi connectivity index (χ0) is 20.8. The quantitative estimate of drug-likeness (QED) is 0.499. The van der Waals surface area contributed by atoms with Crippen molar-refractivity contribution in [1.29, 1.82) is 0 Å². The minimum Gasteiger partial charge on any atom is -0.497 e. The summed E-state index contributed by atoms with van der Waals surface area (Å²) in [7, 11) is 1.67. The van der Waals surface area contributed by atoms with Gasteiger partial charge in [0, 0.05) is 43.3 Å². The normalized spacial score (nSPS) is 14.2. The lowest BCUT2D eigenvalue weighted by atomic mass is 10.2. The number of aromatic nitrogens is 3. The van der Waals surface area contributed by atoms with Gasteiger partial charge in [0.2, 0.25) is 5.91 Å². The highest BCUT2D eigenvalue weighted by atomic mass is 32.2. The zero-order valence-electron chi connectivity index (χ0n) is 16.9. The SMILES string of the molecule is COc1ccc(N2CCN(C(=O)CSc3nncn3CCc3cccs3)CC2)cc1. The van der Waals surface area contributed by atoms with Crippen LogP contribution < -0.4 is 9.64 Å². The Labute approximate surface area is 184 Å². The van der Waals surface area contributed by atoms with E-state index in [9.17, 15) is 4.79 Å². The van der Waals surface area contributed by atoms with Crippen LogP contribution in [-0.2, 0) is 17.8 Å². The number of rotatable bonds is 8. The number of piperazine rings is 1. The number of thioether (sulfide) groups is 1. The van der Waals surface area contributed by atoms with Crippen molar-refractivity contribution in [1.82, 2.24) is 19.7 Å². The number of amides is 1. The lowest BCUT2D eigenvalue weighted by Gasteiger charge is -2.36. The fraction of sp³-hybridized carbons (Fsp3) is 0.381. The standard InChI is InChI=1S/C21H25N5O2S2/c1-28-18-6-4-17(5-7-18)24-10-12-25(13-11-24)20(27)15-30-21-23-22-16-26(21)9-8-19-3-2-14-29-19/h2-7,14,16H,8-13,15H2,1H3. The Bertz CT molecular complexity index is 935. The summed E-state index contributed by atoms with van der Waals surface area (Å²) in [6.07, 6.45) is 2.69. The van der Waals surface area contributed by atoms with Crippen LogP contribution in [0.3, 0.4) is 0 Å². The molecule has 0 atom stereocenters. The second-order valence-corrected chi connectivity index (χ2v) is 8.97. The molecular formula is C21H25N5O2S2. The smallest absolute Gasteiger partial charge is 0.233 e. The lowest BCUT2D eigenvalue weighted by molar-refractivity contribution is -0.128. The third kappa shape index (κ3) is 5.14. The van der Waals surface area contributed by atoms with Crippen molar-refractivity contribution >= 4 is 34.7 Å². The second kappa shape index (κ2) is 9.99. The maximum absolute atomic E-state index is 12.7. The maximum Gasteiger partial charge on any atom is 0.233 e. The van der Waals surface area contributed by atoms with E-state index in [1.54, 1.807) is 24.8 Å². The number of carbonyl (C=O) groups is 1. The summed E-state index contributed by atoms with van der Waals surface area (Å²) in [6.45, 7) is 3.96. The number of nitrogens with zero attached hydrogens (tertiary/aromatic N) is 5. The molecule has 2 aromatic heterocycles. The van der Waals surface area contributed by atoms with Crippen molar-refractivity contribution in [2.45, 2.75) is 18.1 Å². The van der Waals surface area contributed by atoms with Crippen LogP contribution in [0.4, 0.5) is 5.69 Å². The molecule has 0 aliphatic carbocycles. The monoisotopic (exact) mass is 443 g/mol. The molecule has 30 heavy (non-hydrogen) atoms. The summed E-state index contributed by atoms with van der Waals surface area (Å²) in [5, 5.41) is 11.1. The highest BCUT2D eigenvalue weighted by Crippen LogP contribution is 2.22. The van der Waals surface area contributed by atoms with E-state index in [2.05, 4.69) is 44.7 Å². The molecule has 7 nitrogen and oxygen atoms in total. The molecule has 4 rings (SSSR count). The fourth-order valence-electron chi connectivity index (χ4n) is 3.42. The van der Waals surface area contributed by atoms with Gasteiger partial charge in [0.25, 0.3) is 0 Å². The van der Waals surface area contributed by atoms with E-state index in [4.69, 9.17) is 4.74 Å². The summed E-state index contributed by atoms with van der Waals surface area (Å²) in [4.78, 5) is 18.3. The molecule has 9 heteroatoms. The average molecular weight is 444 g/mol. The van der Waals surface area contributed by atoms with E-state index in [-0.39, 0.29) is 5.91 Å². The van der Waals surface area contributed by atoms with Gasteiger partial charge in [-0.3, -0.25) is 4.79 Å².